The number of quaternary nitrogens is 1. The molecule has 1 aromatic carbocycles. The van der Waals surface area contributed by atoms with E-state index in [1.165, 1.54) is 5.56 Å². The Morgan fingerprint density at radius 1 is 1.44 bits per heavy atom. The molecule has 0 amide bonds. The maximum absolute atomic E-state index is 11.1. The summed E-state index contributed by atoms with van der Waals surface area (Å²) in [6, 6.07) is 7.72. The second-order valence-electron chi connectivity index (χ2n) is 4.43. The Kier molecular flexibility index (Phi) is 3.25. The molecule has 0 radical (unpaired) electrons. The molecule has 86 valence electrons. The Morgan fingerprint density at radius 3 is 2.75 bits per heavy atom. The van der Waals surface area contributed by atoms with Crippen LogP contribution in [0.15, 0.2) is 24.3 Å². The van der Waals surface area contributed by atoms with E-state index < -0.39 is 5.97 Å². The predicted octanol–water partition coefficient (Wildman–Crippen LogP) is -0.844. The van der Waals surface area contributed by atoms with Crippen LogP contribution in [-0.2, 0) is 17.8 Å². The van der Waals surface area contributed by atoms with Gasteiger partial charge in [0.1, 0.15) is 12.6 Å². The second-order valence-corrected chi connectivity index (χ2v) is 4.43. The van der Waals surface area contributed by atoms with Crippen molar-refractivity contribution in [3.63, 3.8) is 0 Å². The molecule has 3 heteroatoms. The molecule has 2 rings (SSSR count). The average Bonchev–Trinajstić information content (AvgIpc) is 2.28. The molecule has 0 aliphatic carbocycles. The number of nitrogens with one attached hydrogen (secondary N) is 1. The molecule has 2 atom stereocenters. The highest BCUT2D eigenvalue weighted by molar-refractivity contribution is 5.70. The fourth-order valence-corrected chi connectivity index (χ4v) is 2.49. The Hall–Kier alpha value is -1.35. The molecule has 16 heavy (non-hydrogen) atoms. The van der Waals surface area contributed by atoms with Gasteiger partial charge in [-0.05, 0) is 12.0 Å². The minimum atomic E-state index is -0.919. The van der Waals surface area contributed by atoms with E-state index in [1.54, 1.807) is 0 Å². The molecule has 1 heterocycles. The molecule has 0 fully saturated rings. The highest BCUT2D eigenvalue weighted by atomic mass is 16.4. The van der Waals surface area contributed by atoms with Crippen molar-refractivity contribution in [1.82, 2.24) is 0 Å². The molecule has 0 saturated carbocycles. The van der Waals surface area contributed by atoms with E-state index in [2.05, 4.69) is 13.0 Å². The first-order valence-electron chi connectivity index (χ1n) is 5.84. The van der Waals surface area contributed by atoms with E-state index in [9.17, 15) is 9.90 Å². The van der Waals surface area contributed by atoms with Crippen LogP contribution < -0.4 is 10.0 Å². The molecule has 0 bridgehead atoms. The third-order valence-corrected chi connectivity index (χ3v) is 3.31. The van der Waals surface area contributed by atoms with E-state index in [0.29, 0.717) is 6.42 Å². The summed E-state index contributed by atoms with van der Waals surface area (Å²) >= 11 is 0. The summed E-state index contributed by atoms with van der Waals surface area (Å²) in [5.74, 6) is -0.919. The molecule has 0 spiro atoms. The highest BCUT2D eigenvalue weighted by Gasteiger charge is 2.29. The van der Waals surface area contributed by atoms with Crippen LogP contribution in [0.1, 0.15) is 24.5 Å². The van der Waals surface area contributed by atoms with E-state index in [1.807, 2.05) is 18.2 Å². The number of carbonyl (C=O) groups is 1. The predicted molar refractivity (Wildman–Crippen MR) is 58.8 cm³/mol. The van der Waals surface area contributed by atoms with Crippen LogP contribution in [0, 0.1) is 0 Å². The molecule has 3 nitrogen and oxygen atoms in total. The summed E-state index contributed by atoms with van der Waals surface area (Å²) in [7, 11) is 0. The Balaban J connectivity index is 2.25. The molecular formula is C13H17NO2. The number of carboxylic acid groups (broad SMARTS) is 1. The zero-order valence-electron chi connectivity index (χ0n) is 9.53. The number of aliphatic carboxylic acids is 1. The van der Waals surface area contributed by atoms with E-state index >= 15 is 0 Å². The topological polar surface area (TPSA) is 44.6 Å². The van der Waals surface area contributed by atoms with Gasteiger partial charge in [0.05, 0.1) is 12.5 Å². The van der Waals surface area contributed by atoms with Gasteiger partial charge in [-0.1, -0.05) is 31.2 Å². The van der Waals surface area contributed by atoms with Gasteiger partial charge in [0.25, 0.3) is 0 Å². The van der Waals surface area contributed by atoms with Crippen molar-refractivity contribution in [1.29, 1.82) is 0 Å². The quantitative estimate of drug-likeness (QED) is 0.720. The Bertz CT molecular complexity index is 389. The molecule has 1 aromatic rings. The lowest BCUT2D eigenvalue weighted by Gasteiger charge is -2.34. The molecule has 1 N–H and O–H groups in total. The first kappa shape index (κ1) is 11.1. The molecular weight excluding hydrogens is 202 g/mol. The third-order valence-electron chi connectivity index (χ3n) is 3.31. The molecule has 0 saturated heterocycles. The summed E-state index contributed by atoms with van der Waals surface area (Å²) in [5.41, 5.74) is 2.44. The van der Waals surface area contributed by atoms with Crippen molar-refractivity contribution >= 4 is 5.97 Å². The fourth-order valence-electron chi connectivity index (χ4n) is 2.49. The van der Waals surface area contributed by atoms with Crippen LogP contribution in [0.25, 0.3) is 0 Å². The number of rotatable bonds is 3. The van der Waals surface area contributed by atoms with Gasteiger partial charge in [-0.25, -0.2) is 0 Å². The van der Waals surface area contributed by atoms with Crippen LogP contribution >= 0.6 is 0 Å². The largest absolute Gasteiger partial charge is 0.544 e. The second kappa shape index (κ2) is 4.66. The van der Waals surface area contributed by atoms with Crippen LogP contribution in [0.3, 0.4) is 0 Å². The van der Waals surface area contributed by atoms with Crippen LogP contribution in [0.4, 0.5) is 0 Å². The third kappa shape index (κ3) is 2.09. The lowest BCUT2D eigenvalue weighted by atomic mass is 9.94. The van der Waals surface area contributed by atoms with Crippen molar-refractivity contribution < 1.29 is 14.8 Å². The number of fused-ring (bicyclic) bond motifs is 1. The zero-order chi connectivity index (χ0) is 11.5. The summed E-state index contributed by atoms with van der Waals surface area (Å²) < 4.78 is 0. The number of benzene rings is 1. The molecule has 1 unspecified atom stereocenters. The van der Waals surface area contributed by atoms with Gasteiger partial charge in [-0.3, -0.25) is 0 Å². The zero-order valence-corrected chi connectivity index (χ0v) is 9.53. The van der Waals surface area contributed by atoms with Gasteiger partial charge in [0.15, 0.2) is 0 Å². The van der Waals surface area contributed by atoms with Crippen molar-refractivity contribution in [3.8, 4) is 0 Å². The minimum Gasteiger partial charge on any atom is -0.544 e. The Labute approximate surface area is 95.7 Å². The first-order chi connectivity index (χ1) is 7.72. The lowest BCUT2D eigenvalue weighted by molar-refractivity contribution is -0.934. The van der Waals surface area contributed by atoms with Crippen molar-refractivity contribution in [3.05, 3.63) is 35.4 Å². The summed E-state index contributed by atoms with van der Waals surface area (Å²) in [4.78, 5) is 12.2. The number of hydrogen-bond donors (Lipinski definition) is 1. The molecule has 1 aliphatic heterocycles. The number of carbonyl (C=O) groups excluding carboxylic acids is 1. The summed E-state index contributed by atoms with van der Waals surface area (Å²) in [6.45, 7) is 3.79. The fraction of sp³-hybridized carbons (Fsp3) is 0.462. The van der Waals surface area contributed by atoms with Crippen molar-refractivity contribution in [2.24, 2.45) is 0 Å². The average molecular weight is 219 g/mol. The Morgan fingerprint density at radius 2 is 2.12 bits per heavy atom. The normalized spacial score (nSPS) is 23.8. The highest BCUT2D eigenvalue weighted by Crippen LogP contribution is 2.13. The molecule has 0 aromatic heterocycles. The van der Waals surface area contributed by atoms with Crippen LogP contribution in [0.5, 0.6) is 0 Å². The smallest absolute Gasteiger partial charge is 0.132 e. The van der Waals surface area contributed by atoms with Crippen LogP contribution in [-0.4, -0.2) is 18.6 Å². The number of carboxylic acids is 1. The van der Waals surface area contributed by atoms with Gasteiger partial charge < -0.3 is 14.8 Å². The maximum atomic E-state index is 11.1. The minimum absolute atomic E-state index is 0.380. The van der Waals surface area contributed by atoms with Gasteiger partial charge in [0.2, 0.25) is 0 Å². The summed E-state index contributed by atoms with van der Waals surface area (Å²) in [5, 5.41) is 11.1. The SMILES string of the molecule is CCC[NH+]1Cc2ccccc2C[C@@H]1C(=O)[O-]. The molecule has 1 aliphatic rings. The monoisotopic (exact) mass is 219 g/mol. The van der Waals surface area contributed by atoms with Crippen molar-refractivity contribution in [2.45, 2.75) is 32.4 Å². The lowest BCUT2D eigenvalue weighted by Crippen LogP contribution is -3.17. The van der Waals surface area contributed by atoms with Crippen molar-refractivity contribution in [2.75, 3.05) is 6.54 Å². The van der Waals surface area contributed by atoms with Crippen LogP contribution in [0.2, 0.25) is 0 Å². The number of hydrogen-bond acceptors (Lipinski definition) is 2. The van der Waals surface area contributed by atoms with Gasteiger partial charge in [-0.15, -0.1) is 0 Å². The van der Waals surface area contributed by atoms with Gasteiger partial charge in [0, 0.05) is 12.0 Å². The van der Waals surface area contributed by atoms with Gasteiger partial charge >= 0.3 is 0 Å². The van der Waals surface area contributed by atoms with Gasteiger partial charge in [-0.2, -0.15) is 0 Å². The summed E-state index contributed by atoms with van der Waals surface area (Å²) in [6.07, 6.45) is 1.61. The maximum Gasteiger partial charge on any atom is 0.132 e. The van der Waals surface area contributed by atoms with E-state index in [0.717, 1.165) is 30.0 Å². The standard InChI is InChI=1S/C13H17NO2/c1-2-7-14-9-11-6-4-3-5-10(11)8-12(14)13(15)16/h3-6,12H,2,7-9H2,1H3,(H,15,16)/t12-/m1/s1. The first-order valence-corrected chi connectivity index (χ1v) is 5.84. The van der Waals surface area contributed by atoms with E-state index in [-0.39, 0.29) is 6.04 Å². The van der Waals surface area contributed by atoms with E-state index in [4.69, 9.17) is 0 Å².